The van der Waals surface area contributed by atoms with Gasteiger partial charge in [-0.2, -0.15) is 5.10 Å². The lowest BCUT2D eigenvalue weighted by Crippen LogP contribution is -2.34. The summed E-state index contributed by atoms with van der Waals surface area (Å²) in [6.07, 6.45) is 8.13. The SMILES string of the molecule is C[C@H](C(=O)N1CCC[C@H]1c1nn(C)cc1-c1ccnc(N2CCCC2)n1)c1ccccc1. The zero-order valence-corrected chi connectivity index (χ0v) is 18.8. The molecule has 2 aliphatic rings. The van der Waals surface area contributed by atoms with Gasteiger partial charge in [-0.3, -0.25) is 9.48 Å². The maximum absolute atomic E-state index is 13.5. The van der Waals surface area contributed by atoms with Gasteiger partial charge in [-0.1, -0.05) is 30.3 Å². The Morgan fingerprint density at radius 2 is 1.84 bits per heavy atom. The average Bonchev–Trinajstić information content (AvgIpc) is 3.59. The van der Waals surface area contributed by atoms with Crippen LogP contribution in [0.5, 0.6) is 0 Å². The number of hydrogen-bond donors (Lipinski definition) is 0. The second-order valence-corrected chi connectivity index (χ2v) is 8.86. The van der Waals surface area contributed by atoms with Gasteiger partial charge in [-0.15, -0.1) is 0 Å². The molecule has 2 fully saturated rings. The van der Waals surface area contributed by atoms with Gasteiger partial charge in [-0.25, -0.2) is 9.97 Å². The lowest BCUT2D eigenvalue weighted by atomic mass is 9.98. The van der Waals surface area contributed by atoms with Gasteiger partial charge in [0.25, 0.3) is 0 Å². The number of amides is 1. The first kappa shape index (κ1) is 20.7. The minimum atomic E-state index is -0.176. The summed E-state index contributed by atoms with van der Waals surface area (Å²) in [6, 6.07) is 11.9. The van der Waals surface area contributed by atoms with E-state index in [1.165, 1.54) is 12.8 Å². The fraction of sp³-hybridized carbons (Fsp3) is 0.440. The van der Waals surface area contributed by atoms with Crippen molar-refractivity contribution in [2.75, 3.05) is 24.5 Å². The minimum Gasteiger partial charge on any atom is -0.341 e. The minimum absolute atomic E-state index is 0.0323. The summed E-state index contributed by atoms with van der Waals surface area (Å²) >= 11 is 0. The quantitative estimate of drug-likeness (QED) is 0.613. The summed E-state index contributed by atoms with van der Waals surface area (Å²) in [4.78, 5) is 27.1. The number of carbonyl (C=O) groups excluding carboxylic acids is 1. The number of aryl methyl sites for hydroxylation is 1. The summed E-state index contributed by atoms with van der Waals surface area (Å²) < 4.78 is 1.84. The number of carbonyl (C=O) groups is 1. The molecule has 0 unspecified atom stereocenters. The van der Waals surface area contributed by atoms with Gasteiger partial charge in [0, 0.05) is 44.6 Å². The summed E-state index contributed by atoms with van der Waals surface area (Å²) in [5, 5.41) is 4.81. The molecule has 7 nitrogen and oxygen atoms in total. The Kier molecular flexibility index (Phi) is 5.64. The number of anilines is 1. The van der Waals surface area contributed by atoms with Crippen LogP contribution in [-0.2, 0) is 11.8 Å². The van der Waals surface area contributed by atoms with Gasteiger partial charge >= 0.3 is 0 Å². The summed E-state index contributed by atoms with van der Waals surface area (Å²) in [5.41, 5.74) is 3.85. The van der Waals surface area contributed by atoms with Crippen LogP contribution >= 0.6 is 0 Å². The first-order valence-electron chi connectivity index (χ1n) is 11.6. The second kappa shape index (κ2) is 8.73. The number of nitrogens with zero attached hydrogens (tertiary/aromatic N) is 6. The number of rotatable bonds is 5. The van der Waals surface area contributed by atoms with E-state index >= 15 is 0 Å². The predicted octanol–water partition coefficient (Wildman–Crippen LogP) is 3.94. The van der Waals surface area contributed by atoms with E-state index in [9.17, 15) is 4.79 Å². The molecule has 0 spiro atoms. The molecule has 1 aromatic carbocycles. The molecule has 0 radical (unpaired) electrons. The second-order valence-electron chi connectivity index (χ2n) is 8.86. The van der Waals surface area contributed by atoms with E-state index < -0.39 is 0 Å². The molecule has 3 aromatic rings. The Bertz CT molecular complexity index is 1090. The zero-order chi connectivity index (χ0) is 22.1. The summed E-state index contributed by atoms with van der Waals surface area (Å²) in [6.45, 7) is 4.77. The highest BCUT2D eigenvalue weighted by molar-refractivity contribution is 5.84. The molecule has 0 aliphatic carbocycles. The van der Waals surface area contributed by atoms with Crippen LogP contribution < -0.4 is 4.90 Å². The molecule has 2 saturated heterocycles. The van der Waals surface area contributed by atoms with Crippen LogP contribution in [0, 0.1) is 0 Å². The molecule has 2 atom stereocenters. The topological polar surface area (TPSA) is 67.2 Å². The molecule has 166 valence electrons. The van der Waals surface area contributed by atoms with Crippen LogP contribution in [0.2, 0.25) is 0 Å². The van der Waals surface area contributed by atoms with E-state index in [0.717, 1.165) is 60.9 Å². The number of hydrogen-bond acceptors (Lipinski definition) is 5. The zero-order valence-electron chi connectivity index (χ0n) is 18.8. The monoisotopic (exact) mass is 430 g/mol. The predicted molar refractivity (Wildman–Crippen MR) is 124 cm³/mol. The van der Waals surface area contributed by atoms with Crippen LogP contribution in [0.25, 0.3) is 11.3 Å². The van der Waals surface area contributed by atoms with Crippen molar-refractivity contribution < 1.29 is 4.79 Å². The highest BCUT2D eigenvalue weighted by Crippen LogP contribution is 2.38. The molecule has 0 N–H and O–H groups in total. The molecule has 4 heterocycles. The average molecular weight is 431 g/mol. The molecule has 7 heteroatoms. The van der Waals surface area contributed by atoms with E-state index in [1.54, 1.807) is 0 Å². The van der Waals surface area contributed by atoms with E-state index in [-0.39, 0.29) is 17.9 Å². The van der Waals surface area contributed by atoms with E-state index in [4.69, 9.17) is 10.1 Å². The fourth-order valence-corrected chi connectivity index (χ4v) is 4.96. The van der Waals surface area contributed by atoms with Gasteiger partial charge in [0.15, 0.2) is 0 Å². The van der Waals surface area contributed by atoms with Crippen molar-refractivity contribution in [3.05, 3.63) is 60.0 Å². The third-order valence-electron chi connectivity index (χ3n) is 6.69. The smallest absolute Gasteiger partial charge is 0.230 e. The fourth-order valence-electron chi connectivity index (χ4n) is 4.96. The van der Waals surface area contributed by atoms with Crippen molar-refractivity contribution in [3.63, 3.8) is 0 Å². The number of likely N-dealkylation sites (tertiary alicyclic amines) is 1. The van der Waals surface area contributed by atoms with E-state index in [2.05, 4.69) is 9.88 Å². The van der Waals surface area contributed by atoms with Crippen molar-refractivity contribution in [2.45, 2.75) is 44.6 Å². The summed E-state index contributed by atoms with van der Waals surface area (Å²) in [7, 11) is 1.93. The van der Waals surface area contributed by atoms with Crippen LogP contribution in [0.3, 0.4) is 0 Å². The Morgan fingerprint density at radius 3 is 2.62 bits per heavy atom. The summed E-state index contributed by atoms with van der Waals surface area (Å²) in [5.74, 6) is 0.771. The Balaban J connectivity index is 1.45. The molecule has 5 rings (SSSR count). The number of benzene rings is 1. The largest absolute Gasteiger partial charge is 0.341 e. The third kappa shape index (κ3) is 3.87. The molecular formula is C25H30N6O. The van der Waals surface area contributed by atoms with Crippen LogP contribution in [0.4, 0.5) is 5.95 Å². The van der Waals surface area contributed by atoms with Gasteiger partial charge in [0.05, 0.1) is 23.3 Å². The third-order valence-corrected chi connectivity index (χ3v) is 6.69. The molecule has 0 bridgehead atoms. The van der Waals surface area contributed by atoms with Gasteiger partial charge < -0.3 is 9.80 Å². The molecular weight excluding hydrogens is 400 g/mol. The van der Waals surface area contributed by atoms with Gasteiger partial charge in [-0.05, 0) is 44.2 Å². The van der Waals surface area contributed by atoms with Crippen LogP contribution in [-0.4, -0.2) is 50.2 Å². The number of aromatic nitrogens is 4. The molecule has 2 aromatic heterocycles. The van der Waals surface area contributed by atoms with Crippen LogP contribution in [0.15, 0.2) is 48.8 Å². The first-order chi connectivity index (χ1) is 15.6. The van der Waals surface area contributed by atoms with Crippen molar-refractivity contribution in [1.82, 2.24) is 24.6 Å². The molecule has 0 saturated carbocycles. The first-order valence-corrected chi connectivity index (χ1v) is 11.6. The van der Waals surface area contributed by atoms with E-state index in [1.807, 2.05) is 72.3 Å². The molecule has 2 aliphatic heterocycles. The van der Waals surface area contributed by atoms with Crippen molar-refractivity contribution >= 4 is 11.9 Å². The van der Waals surface area contributed by atoms with Crippen molar-refractivity contribution in [1.29, 1.82) is 0 Å². The van der Waals surface area contributed by atoms with Crippen molar-refractivity contribution in [3.8, 4) is 11.3 Å². The Hall–Kier alpha value is -3.22. The van der Waals surface area contributed by atoms with Gasteiger partial charge in [0.1, 0.15) is 0 Å². The molecule has 32 heavy (non-hydrogen) atoms. The van der Waals surface area contributed by atoms with Gasteiger partial charge in [0.2, 0.25) is 11.9 Å². The Morgan fingerprint density at radius 1 is 1.06 bits per heavy atom. The normalized spacial score (nSPS) is 19.5. The maximum atomic E-state index is 13.5. The lowest BCUT2D eigenvalue weighted by molar-refractivity contribution is -0.133. The standard InChI is InChI=1S/C25H30N6O/c1-18(19-9-4-3-5-10-19)24(32)31-16-8-11-22(31)23-20(17-29(2)28-23)21-12-13-26-25(27-21)30-14-6-7-15-30/h3-5,9-10,12-13,17-18,22H,6-8,11,14-16H2,1-2H3/t18-,22-/m0/s1. The van der Waals surface area contributed by atoms with Crippen molar-refractivity contribution in [2.24, 2.45) is 7.05 Å². The Labute approximate surface area is 189 Å². The van der Waals surface area contributed by atoms with Crippen LogP contribution in [0.1, 0.15) is 55.8 Å². The highest BCUT2D eigenvalue weighted by Gasteiger charge is 2.36. The maximum Gasteiger partial charge on any atom is 0.230 e. The lowest BCUT2D eigenvalue weighted by Gasteiger charge is -2.27. The van der Waals surface area contributed by atoms with E-state index in [0.29, 0.717) is 0 Å². The molecule has 1 amide bonds. The highest BCUT2D eigenvalue weighted by atomic mass is 16.2.